The number of halogens is 5. The summed E-state index contributed by atoms with van der Waals surface area (Å²) in [7, 11) is 0. The van der Waals surface area contributed by atoms with E-state index in [1.807, 2.05) is 0 Å². The van der Waals surface area contributed by atoms with E-state index in [0.29, 0.717) is 10.8 Å². The van der Waals surface area contributed by atoms with E-state index in [2.05, 4.69) is 0 Å². The molecule has 0 aliphatic rings. The van der Waals surface area contributed by atoms with Crippen LogP contribution in [0.5, 0.6) is 5.75 Å². The number of esters is 2. The molecule has 5 nitrogen and oxygen atoms in total. The summed E-state index contributed by atoms with van der Waals surface area (Å²) in [6, 6.07) is 5.01. The molecule has 1 aromatic rings. The lowest BCUT2D eigenvalue weighted by atomic mass is 10.2. The molecule has 0 saturated heterocycles. The first kappa shape index (κ1) is 23.4. The van der Waals surface area contributed by atoms with E-state index < -0.39 is 26.7 Å². The summed E-state index contributed by atoms with van der Waals surface area (Å²) < 4.78 is 12.2. The molecule has 0 aliphatic carbocycles. The standard InChI is InChI=1S/C16H17Cl5O5/c1-9-6-10(17)4-5-12(9)24-7-11(26-14(23)16(3,20)21)8-25-13(22)15(2,18)19/h4-6,11H,7-8H2,1-3H3. The molecule has 0 saturated carbocycles. The van der Waals surface area contributed by atoms with Gasteiger partial charge in [0.25, 0.3) is 0 Å². The fraction of sp³-hybridized carbons (Fsp3) is 0.500. The molecule has 0 amide bonds. The molecule has 0 aromatic heterocycles. The maximum atomic E-state index is 11.9. The maximum Gasteiger partial charge on any atom is 0.342 e. The number of rotatable bonds is 8. The lowest BCUT2D eigenvalue weighted by Gasteiger charge is -2.22. The first-order valence-corrected chi connectivity index (χ1v) is 9.22. The van der Waals surface area contributed by atoms with Crippen LogP contribution in [0.1, 0.15) is 19.4 Å². The Kier molecular flexibility index (Phi) is 8.62. The number of alkyl halides is 4. The molecule has 0 spiro atoms. The third kappa shape index (κ3) is 7.97. The normalized spacial score (nSPS) is 13.1. The van der Waals surface area contributed by atoms with Crippen molar-refractivity contribution in [2.24, 2.45) is 0 Å². The quantitative estimate of drug-likeness (QED) is 0.404. The fourth-order valence-electron chi connectivity index (χ4n) is 1.62. The average Bonchev–Trinajstić information content (AvgIpc) is 2.48. The van der Waals surface area contributed by atoms with Crippen molar-refractivity contribution >= 4 is 69.9 Å². The maximum absolute atomic E-state index is 11.9. The Hall–Kier alpha value is -0.590. The van der Waals surface area contributed by atoms with E-state index in [-0.39, 0.29) is 13.2 Å². The van der Waals surface area contributed by atoms with Gasteiger partial charge >= 0.3 is 11.9 Å². The van der Waals surface area contributed by atoms with Crippen molar-refractivity contribution in [1.29, 1.82) is 0 Å². The number of benzene rings is 1. The molecule has 0 N–H and O–H groups in total. The zero-order valence-corrected chi connectivity index (χ0v) is 17.9. The van der Waals surface area contributed by atoms with Gasteiger partial charge in [0, 0.05) is 5.02 Å². The van der Waals surface area contributed by atoms with Gasteiger partial charge < -0.3 is 14.2 Å². The van der Waals surface area contributed by atoms with Crippen LogP contribution in [0.15, 0.2) is 18.2 Å². The number of ether oxygens (including phenoxy) is 3. The van der Waals surface area contributed by atoms with E-state index in [9.17, 15) is 9.59 Å². The van der Waals surface area contributed by atoms with Gasteiger partial charge in [-0.3, -0.25) is 0 Å². The summed E-state index contributed by atoms with van der Waals surface area (Å²) >= 11 is 28.6. The van der Waals surface area contributed by atoms with E-state index in [1.165, 1.54) is 13.8 Å². The molecular formula is C16H17Cl5O5. The summed E-state index contributed by atoms with van der Waals surface area (Å²) in [5.74, 6) is -1.30. The van der Waals surface area contributed by atoms with E-state index >= 15 is 0 Å². The number of hydrogen-bond donors (Lipinski definition) is 0. The molecule has 10 heteroatoms. The summed E-state index contributed by atoms with van der Waals surface area (Å²) in [6.07, 6.45) is -0.992. The Bertz CT molecular complexity index is 651. The van der Waals surface area contributed by atoms with Crippen molar-refractivity contribution in [3.05, 3.63) is 28.8 Å². The van der Waals surface area contributed by atoms with Gasteiger partial charge in [0.2, 0.25) is 8.67 Å². The van der Waals surface area contributed by atoms with Gasteiger partial charge in [0.15, 0.2) is 6.10 Å². The van der Waals surface area contributed by atoms with Crippen molar-refractivity contribution in [3.63, 3.8) is 0 Å². The minimum absolute atomic E-state index is 0.132. The molecule has 0 heterocycles. The summed E-state index contributed by atoms with van der Waals surface area (Å²) in [5.41, 5.74) is 0.771. The van der Waals surface area contributed by atoms with Gasteiger partial charge in [0.05, 0.1) is 0 Å². The van der Waals surface area contributed by atoms with Gasteiger partial charge in [-0.05, 0) is 44.5 Å². The molecule has 146 valence electrons. The minimum Gasteiger partial charge on any atom is -0.489 e. The van der Waals surface area contributed by atoms with Crippen molar-refractivity contribution in [2.75, 3.05) is 13.2 Å². The van der Waals surface area contributed by atoms with Gasteiger partial charge in [-0.2, -0.15) is 0 Å². The highest BCUT2D eigenvalue weighted by Crippen LogP contribution is 2.25. The summed E-state index contributed by atoms with van der Waals surface area (Å²) in [5, 5.41) is 0.551. The molecule has 0 fully saturated rings. The predicted molar refractivity (Wildman–Crippen MR) is 103 cm³/mol. The molecule has 0 aliphatic heterocycles. The molecule has 26 heavy (non-hydrogen) atoms. The minimum atomic E-state index is -1.77. The van der Waals surface area contributed by atoms with Crippen molar-refractivity contribution in [3.8, 4) is 5.75 Å². The van der Waals surface area contributed by atoms with Crippen molar-refractivity contribution in [1.82, 2.24) is 0 Å². The Morgan fingerprint density at radius 3 is 2.12 bits per heavy atom. The summed E-state index contributed by atoms with van der Waals surface area (Å²) in [4.78, 5) is 23.6. The lowest BCUT2D eigenvalue weighted by Crippen LogP contribution is -2.37. The molecule has 1 rings (SSSR count). The van der Waals surface area contributed by atoms with E-state index in [0.717, 1.165) is 5.56 Å². The number of carbonyl (C=O) groups excluding carboxylic acids is 2. The van der Waals surface area contributed by atoms with E-state index in [4.69, 9.17) is 72.2 Å². The predicted octanol–water partition coefficient (Wildman–Crippen LogP) is 4.87. The van der Waals surface area contributed by atoms with E-state index in [1.54, 1.807) is 25.1 Å². The monoisotopic (exact) mass is 464 g/mol. The Labute approximate surface area is 176 Å². The fourth-order valence-corrected chi connectivity index (χ4v) is 2.05. The number of hydrogen-bond acceptors (Lipinski definition) is 5. The molecule has 0 radical (unpaired) electrons. The van der Waals surface area contributed by atoms with Gasteiger partial charge in [0.1, 0.15) is 19.0 Å². The number of carbonyl (C=O) groups is 2. The lowest BCUT2D eigenvalue weighted by molar-refractivity contribution is -0.161. The van der Waals surface area contributed by atoms with Crippen LogP contribution in [0.25, 0.3) is 0 Å². The Balaban J connectivity index is 2.79. The van der Waals surface area contributed by atoms with Gasteiger partial charge in [-0.15, -0.1) is 0 Å². The smallest absolute Gasteiger partial charge is 0.342 e. The van der Waals surface area contributed by atoms with Crippen LogP contribution < -0.4 is 4.74 Å². The largest absolute Gasteiger partial charge is 0.489 e. The van der Waals surface area contributed by atoms with Gasteiger partial charge in [-0.25, -0.2) is 9.59 Å². The molecule has 1 atom stereocenters. The Morgan fingerprint density at radius 1 is 1.04 bits per heavy atom. The van der Waals surface area contributed by atoms with Crippen LogP contribution >= 0.6 is 58.0 Å². The number of aryl methyl sites for hydroxylation is 1. The second-order valence-electron chi connectivity index (χ2n) is 5.62. The average molecular weight is 467 g/mol. The Morgan fingerprint density at radius 2 is 1.62 bits per heavy atom. The van der Waals surface area contributed by atoms with Crippen LogP contribution in [-0.4, -0.2) is 39.9 Å². The first-order chi connectivity index (χ1) is 11.8. The zero-order valence-electron chi connectivity index (χ0n) is 14.2. The highest BCUT2D eigenvalue weighted by atomic mass is 35.5. The molecule has 1 unspecified atom stereocenters. The highest BCUT2D eigenvalue weighted by molar-refractivity contribution is 6.57. The van der Waals surface area contributed by atoms with Crippen LogP contribution in [0.2, 0.25) is 5.02 Å². The topological polar surface area (TPSA) is 61.8 Å². The molecule has 1 aromatic carbocycles. The van der Waals surface area contributed by atoms with Crippen LogP contribution in [-0.2, 0) is 19.1 Å². The molecule has 0 bridgehead atoms. The third-order valence-electron chi connectivity index (χ3n) is 2.95. The van der Waals surface area contributed by atoms with Gasteiger partial charge in [-0.1, -0.05) is 58.0 Å². The highest BCUT2D eigenvalue weighted by Gasteiger charge is 2.34. The van der Waals surface area contributed by atoms with Crippen molar-refractivity contribution < 1.29 is 23.8 Å². The molecular weight excluding hydrogens is 449 g/mol. The SMILES string of the molecule is Cc1cc(Cl)ccc1OCC(COC(=O)C(C)(Cl)Cl)OC(=O)C(C)(Cl)Cl. The first-order valence-electron chi connectivity index (χ1n) is 7.33. The second kappa shape index (κ2) is 9.56. The summed E-state index contributed by atoms with van der Waals surface area (Å²) in [6.45, 7) is 3.81. The zero-order chi connectivity index (χ0) is 20.1. The second-order valence-corrected chi connectivity index (χ2v) is 9.47. The van der Waals surface area contributed by atoms with Crippen LogP contribution in [0, 0.1) is 6.92 Å². The van der Waals surface area contributed by atoms with Crippen LogP contribution in [0.3, 0.4) is 0 Å². The van der Waals surface area contributed by atoms with Crippen LogP contribution in [0.4, 0.5) is 0 Å². The third-order valence-corrected chi connectivity index (χ3v) is 3.80. The van der Waals surface area contributed by atoms with Crippen molar-refractivity contribution in [2.45, 2.75) is 35.5 Å².